The van der Waals surface area contributed by atoms with Crippen LogP contribution in [0.2, 0.25) is 35.2 Å². The molecule has 7 aromatic carbocycles. The molecule has 0 aromatic heterocycles. The van der Waals surface area contributed by atoms with E-state index in [1.54, 1.807) is 20.8 Å². The van der Waals surface area contributed by atoms with Gasteiger partial charge in [0.05, 0.1) is 25.1 Å². The smallest absolute Gasteiger partial charge is 0.177 e. The van der Waals surface area contributed by atoms with Crippen molar-refractivity contribution in [3.05, 3.63) is 240 Å². The summed E-state index contributed by atoms with van der Waals surface area (Å²) in [6, 6.07) is 15.6. The molecule has 7 rings (SSSR count). The molecule has 0 aliphatic heterocycles. The molecule has 0 nitrogen and oxygen atoms in total. The highest BCUT2D eigenvalue weighted by Gasteiger charge is 2.10. The SMILES string of the molecule is Cc1c(Cl)ccc(F)c1F.Cc1c(F)ccc(Cl)c1F.Cc1c(F)ccc(F)c1Cl.Cc1cc(F)c(Cl)c(F)c1.Cc1cc(F)c(F)c(Cl)c1.Cc1cc(F)cc(Cl)c1F.Cc1cc(F)cc(F)c1Cl. The number of aryl methyl sites for hydroxylation is 4. The van der Waals surface area contributed by atoms with Crippen molar-refractivity contribution in [2.45, 2.75) is 48.5 Å². The molecule has 0 N–H and O–H groups in total. The molecule has 0 atom stereocenters. The van der Waals surface area contributed by atoms with Crippen LogP contribution in [0.1, 0.15) is 38.9 Å². The van der Waals surface area contributed by atoms with Crippen molar-refractivity contribution >= 4 is 81.2 Å². The van der Waals surface area contributed by atoms with Crippen LogP contribution < -0.4 is 0 Å². The zero-order chi connectivity index (χ0) is 54.1. The van der Waals surface area contributed by atoms with Crippen molar-refractivity contribution in [3.63, 3.8) is 0 Å². The Morgan fingerprint density at radius 1 is 0.257 bits per heavy atom. The van der Waals surface area contributed by atoms with Crippen LogP contribution in [0.3, 0.4) is 0 Å². The lowest BCUT2D eigenvalue weighted by molar-refractivity contribution is 0.503. The molecule has 0 bridgehead atoms. The van der Waals surface area contributed by atoms with Gasteiger partial charge in [0.25, 0.3) is 0 Å². The van der Waals surface area contributed by atoms with Crippen LogP contribution in [0.4, 0.5) is 61.5 Å². The highest BCUT2D eigenvalue weighted by molar-refractivity contribution is 6.33. The first-order valence-corrected chi connectivity index (χ1v) is 21.7. The van der Waals surface area contributed by atoms with E-state index in [0.717, 1.165) is 48.5 Å². The first-order valence-electron chi connectivity index (χ1n) is 19.1. The minimum atomic E-state index is -0.979. The summed E-state index contributed by atoms with van der Waals surface area (Å²) in [7, 11) is 0. The van der Waals surface area contributed by atoms with E-state index in [2.05, 4.69) is 0 Å². The Hall–Kier alpha value is -4.41. The molecule has 21 heteroatoms. The summed E-state index contributed by atoms with van der Waals surface area (Å²) in [5, 5.41) is -0.722. The average molecular weight is 1140 g/mol. The maximum atomic E-state index is 12.6. The van der Waals surface area contributed by atoms with Gasteiger partial charge in [-0.15, -0.1) is 0 Å². The second kappa shape index (κ2) is 29.8. The molecule has 0 unspecified atom stereocenters. The van der Waals surface area contributed by atoms with Crippen LogP contribution in [-0.4, -0.2) is 0 Å². The topological polar surface area (TPSA) is 0 Å². The summed E-state index contributed by atoms with van der Waals surface area (Å²) in [6.07, 6.45) is 0. The van der Waals surface area contributed by atoms with E-state index in [-0.39, 0.29) is 52.4 Å². The van der Waals surface area contributed by atoms with Gasteiger partial charge in [0.1, 0.15) is 63.2 Å². The van der Waals surface area contributed by atoms with Gasteiger partial charge in [-0.3, -0.25) is 0 Å². The van der Waals surface area contributed by atoms with Gasteiger partial charge in [0.2, 0.25) is 0 Å². The van der Waals surface area contributed by atoms with Crippen molar-refractivity contribution in [3.8, 4) is 0 Å². The van der Waals surface area contributed by atoms with Crippen LogP contribution in [0.25, 0.3) is 0 Å². The van der Waals surface area contributed by atoms with Gasteiger partial charge in [0.15, 0.2) is 23.3 Å². The monoisotopic (exact) mass is 1130 g/mol. The number of hydrogen-bond acceptors (Lipinski definition) is 0. The Labute approximate surface area is 429 Å². The molecular weight excluding hydrogens is 1100 g/mol. The number of benzene rings is 7. The van der Waals surface area contributed by atoms with E-state index >= 15 is 0 Å². The molecule has 0 radical (unpaired) electrons. The average Bonchev–Trinajstić information content (AvgIpc) is 3.28. The number of rotatable bonds is 0. The predicted octanol–water partition coefficient (Wildman–Crippen LogP) is 20.5. The molecule has 0 saturated carbocycles. The lowest BCUT2D eigenvalue weighted by atomic mass is 10.2. The van der Waals surface area contributed by atoms with Crippen molar-refractivity contribution in [1.82, 2.24) is 0 Å². The molecule has 0 heterocycles. The maximum absolute atomic E-state index is 12.6. The van der Waals surface area contributed by atoms with Crippen molar-refractivity contribution < 1.29 is 61.5 Å². The second-order valence-corrected chi connectivity index (χ2v) is 16.8. The molecular formula is C49H35Cl7F14. The fraction of sp³-hybridized carbons (Fsp3) is 0.143. The largest absolute Gasteiger partial charge is 0.207 e. The summed E-state index contributed by atoms with van der Waals surface area (Å²) >= 11 is 37.4. The first-order chi connectivity index (χ1) is 32.3. The van der Waals surface area contributed by atoms with E-state index in [0.29, 0.717) is 16.7 Å². The maximum Gasteiger partial charge on any atom is 0.177 e. The molecule has 378 valence electrons. The van der Waals surface area contributed by atoms with Gasteiger partial charge in [-0.25, -0.2) is 61.5 Å². The zero-order valence-electron chi connectivity index (χ0n) is 37.0. The standard InChI is InChI=1S/7C7H5ClF2/c1-4-2-5(9)3-6(10)7(4)8;1-4-2-5(9)3-6(8)7(4)10;1-4-2-5(9)7(8)6(10)3-4;1-4-2-5(8)7(10)6(9)3-4;1-4-6(9)3-2-5(8)7(4)10;1-4-5(9)2-3-6(10)7(4)8;1-4-5(8)2-3-6(9)7(4)10/h7*2-3H,1H3. The van der Waals surface area contributed by atoms with Gasteiger partial charge < -0.3 is 0 Å². The zero-order valence-corrected chi connectivity index (χ0v) is 42.3. The third-order valence-electron chi connectivity index (χ3n) is 8.43. The molecule has 0 spiro atoms. The van der Waals surface area contributed by atoms with Crippen LogP contribution in [0.15, 0.2) is 84.9 Å². The van der Waals surface area contributed by atoms with Gasteiger partial charge in [-0.2, -0.15) is 0 Å². The van der Waals surface area contributed by atoms with Gasteiger partial charge in [-0.1, -0.05) is 81.2 Å². The van der Waals surface area contributed by atoms with Crippen molar-refractivity contribution in [1.29, 1.82) is 0 Å². The summed E-state index contributed by atoms with van der Waals surface area (Å²) < 4.78 is 174. The van der Waals surface area contributed by atoms with Crippen LogP contribution in [0, 0.1) is 130 Å². The molecule has 0 amide bonds. The molecule has 70 heavy (non-hydrogen) atoms. The Morgan fingerprint density at radius 2 is 0.671 bits per heavy atom. The normalized spacial score (nSPS) is 10.0. The van der Waals surface area contributed by atoms with Crippen LogP contribution in [-0.2, 0) is 0 Å². The van der Waals surface area contributed by atoms with E-state index in [1.165, 1.54) is 64.1 Å². The third kappa shape index (κ3) is 20.4. The quantitative estimate of drug-likeness (QED) is 0.0807. The summed E-state index contributed by atoms with van der Waals surface area (Å²) in [5.74, 6) is -9.70. The summed E-state index contributed by atoms with van der Waals surface area (Å²) in [5.41, 5.74) is 2.06. The van der Waals surface area contributed by atoms with Gasteiger partial charge in [-0.05, 0) is 150 Å². The Balaban J connectivity index is 0.000000408. The number of hydrogen-bond donors (Lipinski definition) is 0. The summed E-state index contributed by atoms with van der Waals surface area (Å²) in [4.78, 5) is 0. The first kappa shape index (κ1) is 63.6. The molecule has 0 saturated heterocycles. The van der Waals surface area contributed by atoms with Crippen LogP contribution >= 0.6 is 81.2 Å². The molecule has 0 aliphatic rings. The molecule has 7 aromatic rings. The number of halogens is 21. The van der Waals surface area contributed by atoms with E-state index < -0.39 is 86.5 Å². The van der Waals surface area contributed by atoms with Crippen molar-refractivity contribution in [2.24, 2.45) is 0 Å². The minimum Gasteiger partial charge on any atom is -0.207 e. The fourth-order valence-electron chi connectivity index (χ4n) is 4.62. The van der Waals surface area contributed by atoms with Gasteiger partial charge >= 0.3 is 0 Å². The van der Waals surface area contributed by atoms with E-state index in [9.17, 15) is 61.5 Å². The highest BCUT2D eigenvalue weighted by Crippen LogP contribution is 2.25. The van der Waals surface area contributed by atoms with E-state index in [4.69, 9.17) is 81.2 Å². The lowest BCUT2D eigenvalue weighted by Gasteiger charge is -1.98. The van der Waals surface area contributed by atoms with Crippen molar-refractivity contribution in [2.75, 3.05) is 0 Å². The fourth-order valence-corrected chi connectivity index (χ4v) is 5.86. The third-order valence-corrected chi connectivity index (χ3v) is 11.0. The predicted molar refractivity (Wildman–Crippen MR) is 253 cm³/mol. The Morgan fingerprint density at radius 3 is 1.16 bits per heavy atom. The molecule has 0 fully saturated rings. The second-order valence-electron chi connectivity index (χ2n) is 14.0. The molecule has 0 aliphatic carbocycles. The van der Waals surface area contributed by atoms with Gasteiger partial charge in [0, 0.05) is 27.8 Å². The summed E-state index contributed by atoms with van der Waals surface area (Å²) in [6.45, 7) is 10.5. The minimum absolute atomic E-state index is 0.0126. The Bertz CT molecular complexity index is 2370. The van der Waals surface area contributed by atoms with E-state index in [1.807, 2.05) is 0 Å². The van der Waals surface area contributed by atoms with Crippen LogP contribution in [0.5, 0.6) is 0 Å². The highest BCUT2D eigenvalue weighted by atomic mass is 35.5. The lowest BCUT2D eigenvalue weighted by Crippen LogP contribution is -1.88. The Kier molecular flexibility index (Phi) is 27.1.